The number of carbonyl (C=O) groups excluding carboxylic acids is 1. The fraction of sp³-hybridized carbons (Fsp3) is 0.522. The largest absolute Gasteiger partial charge is 0.522 e. The van der Waals surface area contributed by atoms with E-state index >= 15 is 0 Å². The lowest BCUT2D eigenvalue weighted by molar-refractivity contribution is -0.324. The van der Waals surface area contributed by atoms with Gasteiger partial charge in [0.25, 0.3) is 5.91 Å². The molecule has 1 aromatic heterocycles. The van der Waals surface area contributed by atoms with Gasteiger partial charge in [0.1, 0.15) is 17.9 Å². The molecule has 0 unspecified atom stereocenters. The number of benzene rings is 1. The SMILES string of the molecule is O=C(NC12CC(c3cc(OCCCOC(F)(F)F)ncn3)(C1)C2)[C@H]1C[C@@H](O)c2cc(Cl)c(F)cc2O1. The summed E-state index contributed by atoms with van der Waals surface area (Å²) in [6.45, 7) is -0.504. The van der Waals surface area contributed by atoms with Crippen LogP contribution in [0.2, 0.25) is 5.02 Å². The first kappa shape index (κ1) is 25.0. The van der Waals surface area contributed by atoms with Crippen molar-refractivity contribution in [1.82, 2.24) is 15.3 Å². The van der Waals surface area contributed by atoms with Crippen molar-refractivity contribution in [3.8, 4) is 11.6 Å². The third-order valence-electron chi connectivity index (χ3n) is 6.82. The molecule has 194 valence electrons. The molecule has 13 heteroatoms. The number of rotatable bonds is 8. The number of alkyl halides is 3. The second-order valence-corrected chi connectivity index (χ2v) is 9.89. The summed E-state index contributed by atoms with van der Waals surface area (Å²) >= 11 is 5.77. The quantitative estimate of drug-likeness (QED) is 0.395. The molecule has 0 spiro atoms. The predicted octanol–water partition coefficient (Wildman–Crippen LogP) is 3.75. The molecular formula is C23H22ClF4N3O5. The summed E-state index contributed by atoms with van der Waals surface area (Å²) in [5.41, 5.74) is 0.413. The highest BCUT2D eigenvalue weighted by molar-refractivity contribution is 6.30. The van der Waals surface area contributed by atoms with Crippen molar-refractivity contribution in [3.63, 3.8) is 0 Å². The highest BCUT2D eigenvalue weighted by Crippen LogP contribution is 2.67. The molecule has 2 atom stereocenters. The van der Waals surface area contributed by atoms with E-state index in [-0.39, 0.29) is 41.5 Å². The van der Waals surface area contributed by atoms with Crippen LogP contribution in [0.15, 0.2) is 24.5 Å². The van der Waals surface area contributed by atoms with E-state index in [4.69, 9.17) is 21.1 Å². The minimum absolute atomic E-state index is 0.00595. The number of amides is 1. The van der Waals surface area contributed by atoms with Gasteiger partial charge >= 0.3 is 6.36 Å². The number of hydrogen-bond acceptors (Lipinski definition) is 7. The van der Waals surface area contributed by atoms with E-state index in [2.05, 4.69) is 20.0 Å². The van der Waals surface area contributed by atoms with Crippen LogP contribution in [0.5, 0.6) is 11.6 Å². The molecule has 0 saturated heterocycles. The molecule has 8 nitrogen and oxygen atoms in total. The molecule has 1 aromatic carbocycles. The maximum Gasteiger partial charge on any atom is 0.522 e. The number of ether oxygens (including phenoxy) is 3. The lowest BCUT2D eigenvalue weighted by Crippen LogP contribution is -2.77. The molecule has 6 rings (SSSR count). The summed E-state index contributed by atoms with van der Waals surface area (Å²) in [5.74, 6) is -0.752. The fourth-order valence-corrected chi connectivity index (χ4v) is 5.44. The molecular weight excluding hydrogens is 510 g/mol. The van der Waals surface area contributed by atoms with Crippen molar-refractivity contribution in [2.45, 2.75) is 61.6 Å². The first-order valence-electron chi connectivity index (χ1n) is 11.3. The van der Waals surface area contributed by atoms with Crippen molar-refractivity contribution < 1.29 is 41.7 Å². The van der Waals surface area contributed by atoms with E-state index in [1.54, 1.807) is 6.07 Å². The smallest absolute Gasteiger partial charge is 0.480 e. The van der Waals surface area contributed by atoms with E-state index in [1.807, 2.05) is 0 Å². The van der Waals surface area contributed by atoms with Crippen LogP contribution >= 0.6 is 11.6 Å². The van der Waals surface area contributed by atoms with Gasteiger partial charge in [0.05, 0.1) is 30.0 Å². The van der Waals surface area contributed by atoms with Gasteiger partial charge in [-0.1, -0.05) is 11.6 Å². The molecule has 3 aliphatic carbocycles. The van der Waals surface area contributed by atoms with Gasteiger partial charge in [-0.2, -0.15) is 0 Å². The van der Waals surface area contributed by atoms with Crippen LogP contribution < -0.4 is 14.8 Å². The molecule has 4 aliphatic rings. The maximum atomic E-state index is 13.8. The summed E-state index contributed by atoms with van der Waals surface area (Å²) in [6, 6.07) is 4.02. The summed E-state index contributed by atoms with van der Waals surface area (Å²) in [6.07, 6.45) is -3.35. The highest BCUT2D eigenvalue weighted by Gasteiger charge is 2.70. The van der Waals surface area contributed by atoms with Crippen molar-refractivity contribution >= 4 is 17.5 Å². The Morgan fingerprint density at radius 1 is 1.22 bits per heavy atom. The Labute approximate surface area is 207 Å². The summed E-state index contributed by atoms with van der Waals surface area (Å²) in [7, 11) is 0. The van der Waals surface area contributed by atoms with Crippen LogP contribution in [0.3, 0.4) is 0 Å². The first-order chi connectivity index (χ1) is 17.0. The van der Waals surface area contributed by atoms with Crippen LogP contribution in [0.4, 0.5) is 17.6 Å². The standard InChI is InChI=1S/C23H22ClF4N3O5/c24-13-4-12-15(32)6-17(36-16(12)5-14(13)25)20(33)31-22-8-21(9-22,10-22)18-7-19(30-11-29-18)34-2-1-3-35-23(26,27)28/h4-5,7,11,15,17,32H,1-3,6,8-10H2,(H,31,33)/t15-,17-,21?,22?/m1/s1. The van der Waals surface area contributed by atoms with E-state index in [0.717, 1.165) is 11.8 Å². The Morgan fingerprint density at radius 2 is 1.97 bits per heavy atom. The number of aliphatic hydroxyl groups is 1. The van der Waals surface area contributed by atoms with Crippen LogP contribution in [0, 0.1) is 5.82 Å². The third-order valence-corrected chi connectivity index (χ3v) is 7.11. The average Bonchev–Trinajstić information content (AvgIpc) is 2.75. The third kappa shape index (κ3) is 4.81. The van der Waals surface area contributed by atoms with Gasteiger partial charge in [-0.25, -0.2) is 14.4 Å². The number of nitrogens with zero attached hydrogens (tertiary/aromatic N) is 2. The van der Waals surface area contributed by atoms with E-state index in [9.17, 15) is 27.5 Å². The van der Waals surface area contributed by atoms with Crippen molar-refractivity contribution in [3.05, 3.63) is 46.6 Å². The molecule has 2 N–H and O–H groups in total. The lowest BCUT2D eigenvalue weighted by atomic mass is 9.38. The van der Waals surface area contributed by atoms with Gasteiger partial charge in [-0.05, 0) is 25.3 Å². The second-order valence-electron chi connectivity index (χ2n) is 9.48. The Hall–Kier alpha value is -2.70. The molecule has 0 radical (unpaired) electrons. The number of hydrogen-bond donors (Lipinski definition) is 2. The molecule has 36 heavy (non-hydrogen) atoms. The number of aliphatic hydroxyl groups excluding tert-OH is 1. The van der Waals surface area contributed by atoms with E-state index in [1.165, 1.54) is 12.4 Å². The Bertz CT molecular complexity index is 1160. The van der Waals surface area contributed by atoms with Crippen molar-refractivity contribution in [2.75, 3.05) is 13.2 Å². The zero-order valence-corrected chi connectivity index (χ0v) is 19.5. The minimum atomic E-state index is -4.67. The van der Waals surface area contributed by atoms with Gasteiger partial charge in [0.2, 0.25) is 5.88 Å². The van der Waals surface area contributed by atoms with E-state index < -0.39 is 42.4 Å². The molecule has 1 amide bonds. The number of fused-ring (bicyclic) bond motifs is 1. The van der Waals surface area contributed by atoms with E-state index in [0.29, 0.717) is 24.8 Å². The normalized spacial score (nSPS) is 28.3. The highest BCUT2D eigenvalue weighted by atomic mass is 35.5. The maximum absolute atomic E-state index is 13.8. The Balaban J connectivity index is 1.13. The van der Waals surface area contributed by atoms with Gasteiger partial charge in [-0.15, -0.1) is 13.2 Å². The molecule has 2 heterocycles. The molecule has 3 saturated carbocycles. The monoisotopic (exact) mass is 531 g/mol. The summed E-state index contributed by atoms with van der Waals surface area (Å²) in [4.78, 5) is 21.2. The molecule has 1 aliphatic heterocycles. The topological polar surface area (TPSA) is 103 Å². The zero-order valence-electron chi connectivity index (χ0n) is 18.8. The van der Waals surface area contributed by atoms with Crippen molar-refractivity contribution in [2.24, 2.45) is 0 Å². The first-order valence-corrected chi connectivity index (χ1v) is 11.7. The van der Waals surface area contributed by atoms with Crippen LogP contribution in [-0.4, -0.2) is 52.2 Å². The minimum Gasteiger partial charge on any atom is -0.480 e. The Kier molecular flexibility index (Phi) is 6.24. The van der Waals surface area contributed by atoms with Crippen LogP contribution in [0.1, 0.15) is 49.5 Å². The molecule has 2 bridgehead atoms. The zero-order chi connectivity index (χ0) is 25.7. The number of nitrogens with one attached hydrogen (secondary N) is 1. The van der Waals surface area contributed by atoms with Gasteiger partial charge < -0.3 is 19.9 Å². The average molecular weight is 532 g/mol. The second kappa shape index (κ2) is 9.00. The van der Waals surface area contributed by atoms with Gasteiger partial charge in [0.15, 0.2) is 6.10 Å². The number of carbonyl (C=O) groups is 1. The summed E-state index contributed by atoms with van der Waals surface area (Å²) < 4.78 is 64.6. The molecule has 3 fully saturated rings. The Morgan fingerprint density at radius 3 is 2.69 bits per heavy atom. The van der Waals surface area contributed by atoms with Crippen LogP contribution in [-0.2, 0) is 14.9 Å². The number of aromatic nitrogens is 2. The van der Waals surface area contributed by atoms with Crippen molar-refractivity contribution in [1.29, 1.82) is 0 Å². The van der Waals surface area contributed by atoms with Gasteiger partial charge in [0, 0.05) is 41.5 Å². The predicted molar refractivity (Wildman–Crippen MR) is 116 cm³/mol. The number of halogens is 5. The van der Waals surface area contributed by atoms with Crippen LogP contribution in [0.25, 0.3) is 0 Å². The summed E-state index contributed by atoms with van der Waals surface area (Å²) in [5, 5.41) is 13.3. The van der Waals surface area contributed by atoms with Gasteiger partial charge in [-0.3, -0.25) is 9.53 Å². The fourth-order valence-electron chi connectivity index (χ4n) is 5.26. The molecule has 2 aromatic rings. The lowest BCUT2D eigenvalue weighted by Gasteiger charge is -2.70.